The molecule has 3 heterocycles. The summed E-state index contributed by atoms with van der Waals surface area (Å²) >= 11 is 0. The highest BCUT2D eigenvalue weighted by atomic mass is 32.2. The van der Waals surface area contributed by atoms with Gasteiger partial charge in [-0.25, -0.2) is 0 Å². The van der Waals surface area contributed by atoms with E-state index in [-0.39, 0.29) is 16.3 Å². The monoisotopic (exact) mass is 413 g/mol. The molecule has 4 rings (SSSR count). The van der Waals surface area contributed by atoms with E-state index in [0.717, 1.165) is 22.9 Å². The lowest BCUT2D eigenvalue weighted by atomic mass is 10.2. The van der Waals surface area contributed by atoms with Crippen molar-refractivity contribution in [2.24, 2.45) is 0 Å². The van der Waals surface area contributed by atoms with Crippen LogP contribution >= 0.6 is 0 Å². The number of amides is 1. The highest BCUT2D eigenvalue weighted by molar-refractivity contribution is 7.89. The molecule has 0 bridgehead atoms. The Hall–Kier alpha value is -3.24. The quantitative estimate of drug-likeness (QED) is 0.677. The summed E-state index contributed by atoms with van der Waals surface area (Å²) in [5, 5.41) is 6.48. The van der Waals surface area contributed by atoms with Gasteiger partial charge in [0.25, 0.3) is 15.9 Å². The Labute approximate surface area is 168 Å². The normalized spacial score (nSPS) is 14.6. The first-order valence-corrected chi connectivity index (χ1v) is 10.4. The first kappa shape index (κ1) is 19.1. The maximum Gasteiger partial charge on any atom is 0.283 e. The van der Waals surface area contributed by atoms with E-state index in [9.17, 15) is 13.2 Å². The Bertz CT molecular complexity index is 1090. The van der Waals surface area contributed by atoms with Gasteiger partial charge in [-0.3, -0.25) is 9.78 Å². The molecule has 150 valence electrons. The Kier molecular flexibility index (Phi) is 5.28. The van der Waals surface area contributed by atoms with Crippen molar-refractivity contribution in [1.82, 2.24) is 14.2 Å². The molecule has 1 aliphatic rings. The van der Waals surface area contributed by atoms with Crippen molar-refractivity contribution in [3.63, 3.8) is 0 Å². The molecule has 2 aromatic heterocycles. The summed E-state index contributed by atoms with van der Waals surface area (Å²) in [5.74, 6) is -0.447. The number of nitrogens with one attached hydrogen (secondary N) is 1. The minimum absolute atomic E-state index is 0.111. The number of hydrogen-bond donors (Lipinski definition) is 1. The summed E-state index contributed by atoms with van der Waals surface area (Å²) in [6.07, 6.45) is 4.04. The second kappa shape index (κ2) is 8.02. The minimum atomic E-state index is -3.87. The Balaban J connectivity index is 1.50. The predicted molar refractivity (Wildman–Crippen MR) is 106 cm³/mol. The first-order valence-electron chi connectivity index (χ1n) is 8.99. The van der Waals surface area contributed by atoms with Gasteiger partial charge in [-0.1, -0.05) is 6.07 Å². The number of carbonyl (C=O) groups excluding carboxylic acids is 1. The van der Waals surface area contributed by atoms with Crippen LogP contribution in [0, 0.1) is 0 Å². The number of hydrogen-bond acceptors (Lipinski definition) is 7. The van der Waals surface area contributed by atoms with Crippen LogP contribution in [0.2, 0.25) is 0 Å². The molecule has 0 unspecified atom stereocenters. The maximum atomic E-state index is 12.8. The molecule has 0 radical (unpaired) electrons. The fourth-order valence-corrected chi connectivity index (χ4v) is 4.07. The summed E-state index contributed by atoms with van der Waals surface area (Å²) in [4.78, 5) is 18.4. The lowest BCUT2D eigenvalue weighted by molar-refractivity contribution is 0.102. The van der Waals surface area contributed by atoms with Gasteiger partial charge in [0.2, 0.25) is 0 Å². The van der Waals surface area contributed by atoms with E-state index >= 15 is 0 Å². The standard InChI is InChI=1S/C19H19N5O4S/c25-19(18-3-1-2-8-20-18)22-15-13-21-24(14-15)29(26,27)17-6-4-16(5-7-17)23-9-11-28-12-10-23/h1-8,13-14H,9-12H2,(H,22,25). The summed E-state index contributed by atoms with van der Waals surface area (Å²) in [6, 6.07) is 11.6. The van der Waals surface area contributed by atoms with Gasteiger partial charge < -0.3 is 15.0 Å². The highest BCUT2D eigenvalue weighted by Crippen LogP contribution is 2.21. The van der Waals surface area contributed by atoms with Crippen LogP contribution in [0.5, 0.6) is 0 Å². The fourth-order valence-electron chi connectivity index (χ4n) is 2.95. The molecule has 0 spiro atoms. The maximum absolute atomic E-state index is 12.8. The summed E-state index contributed by atoms with van der Waals surface area (Å²) in [6.45, 7) is 2.84. The molecule has 1 aliphatic heterocycles. The number of anilines is 2. The topological polar surface area (TPSA) is 106 Å². The second-order valence-electron chi connectivity index (χ2n) is 6.37. The molecule has 0 atom stereocenters. The van der Waals surface area contributed by atoms with Gasteiger partial charge >= 0.3 is 0 Å². The molecular formula is C19H19N5O4S. The molecule has 0 aliphatic carbocycles. The van der Waals surface area contributed by atoms with Crippen LogP contribution in [0.4, 0.5) is 11.4 Å². The number of nitrogens with zero attached hydrogens (tertiary/aromatic N) is 4. The van der Waals surface area contributed by atoms with E-state index in [1.165, 1.54) is 18.6 Å². The van der Waals surface area contributed by atoms with Crippen LogP contribution in [-0.2, 0) is 14.8 Å². The minimum Gasteiger partial charge on any atom is -0.378 e. The number of aromatic nitrogens is 3. The summed E-state index contributed by atoms with van der Waals surface area (Å²) in [5.41, 5.74) is 1.42. The molecule has 1 aromatic carbocycles. The average Bonchev–Trinajstić information content (AvgIpc) is 3.24. The van der Waals surface area contributed by atoms with Crippen LogP contribution < -0.4 is 10.2 Å². The molecule has 1 saturated heterocycles. The SMILES string of the molecule is O=C(Nc1cnn(S(=O)(=O)c2ccc(N3CCOCC3)cc2)c1)c1ccccn1. The van der Waals surface area contributed by atoms with Gasteiger partial charge in [-0.2, -0.15) is 17.6 Å². The molecule has 1 fully saturated rings. The van der Waals surface area contributed by atoms with Crippen molar-refractivity contribution in [3.8, 4) is 0 Å². The number of pyridine rings is 1. The largest absolute Gasteiger partial charge is 0.378 e. The molecule has 29 heavy (non-hydrogen) atoms. The van der Waals surface area contributed by atoms with E-state index in [4.69, 9.17) is 4.74 Å². The van der Waals surface area contributed by atoms with Crippen molar-refractivity contribution >= 4 is 27.3 Å². The Morgan fingerprint density at radius 2 is 1.83 bits per heavy atom. The van der Waals surface area contributed by atoms with Crippen LogP contribution in [-0.4, -0.2) is 54.8 Å². The Morgan fingerprint density at radius 1 is 1.07 bits per heavy atom. The summed E-state index contributed by atoms with van der Waals surface area (Å²) < 4.78 is 31.8. The van der Waals surface area contributed by atoms with Crippen molar-refractivity contribution in [2.45, 2.75) is 4.90 Å². The van der Waals surface area contributed by atoms with E-state index in [1.807, 2.05) is 0 Å². The van der Waals surface area contributed by atoms with Gasteiger partial charge in [0, 0.05) is 25.0 Å². The zero-order valence-electron chi connectivity index (χ0n) is 15.4. The number of rotatable bonds is 5. The third-order valence-electron chi connectivity index (χ3n) is 4.47. The van der Waals surface area contributed by atoms with Gasteiger partial charge in [0.05, 0.1) is 36.2 Å². The van der Waals surface area contributed by atoms with Crippen LogP contribution in [0.3, 0.4) is 0 Å². The average molecular weight is 413 g/mol. The number of ether oxygens (including phenoxy) is 1. The zero-order chi connectivity index (χ0) is 20.3. The molecule has 1 amide bonds. The number of morpholine rings is 1. The van der Waals surface area contributed by atoms with Crippen LogP contribution in [0.1, 0.15) is 10.5 Å². The first-order chi connectivity index (χ1) is 14.0. The van der Waals surface area contributed by atoms with E-state index in [1.54, 1.807) is 42.5 Å². The van der Waals surface area contributed by atoms with Gasteiger partial charge in [0.1, 0.15) is 5.69 Å². The third-order valence-corrected chi connectivity index (χ3v) is 6.03. The van der Waals surface area contributed by atoms with Crippen LogP contribution in [0.25, 0.3) is 0 Å². The number of carbonyl (C=O) groups is 1. The third kappa shape index (κ3) is 4.13. The molecule has 1 N–H and O–H groups in total. The molecule has 0 saturated carbocycles. The zero-order valence-corrected chi connectivity index (χ0v) is 16.2. The molecule has 3 aromatic rings. The smallest absolute Gasteiger partial charge is 0.283 e. The van der Waals surface area contributed by atoms with E-state index < -0.39 is 15.9 Å². The second-order valence-corrected chi connectivity index (χ2v) is 8.16. The van der Waals surface area contributed by atoms with E-state index in [0.29, 0.717) is 13.2 Å². The lowest BCUT2D eigenvalue weighted by Crippen LogP contribution is -2.36. The Morgan fingerprint density at radius 3 is 2.52 bits per heavy atom. The molecule has 9 nitrogen and oxygen atoms in total. The van der Waals surface area contributed by atoms with Gasteiger partial charge in [-0.05, 0) is 36.4 Å². The highest BCUT2D eigenvalue weighted by Gasteiger charge is 2.20. The molecule has 10 heteroatoms. The number of benzene rings is 1. The molecular weight excluding hydrogens is 394 g/mol. The summed E-state index contributed by atoms with van der Waals surface area (Å²) in [7, 11) is -3.87. The van der Waals surface area contributed by atoms with E-state index in [2.05, 4.69) is 20.3 Å². The predicted octanol–water partition coefficient (Wildman–Crippen LogP) is 1.60. The van der Waals surface area contributed by atoms with Crippen molar-refractivity contribution in [2.75, 3.05) is 36.5 Å². The lowest BCUT2D eigenvalue weighted by Gasteiger charge is -2.28. The van der Waals surface area contributed by atoms with Crippen LogP contribution in [0.15, 0.2) is 66.0 Å². The van der Waals surface area contributed by atoms with Crippen molar-refractivity contribution in [3.05, 3.63) is 66.7 Å². The van der Waals surface area contributed by atoms with Gasteiger partial charge in [0.15, 0.2) is 0 Å². The fraction of sp³-hybridized carbons (Fsp3) is 0.211. The van der Waals surface area contributed by atoms with Crippen molar-refractivity contribution < 1.29 is 17.9 Å². The van der Waals surface area contributed by atoms with Crippen molar-refractivity contribution in [1.29, 1.82) is 0 Å². The van der Waals surface area contributed by atoms with Gasteiger partial charge in [-0.15, -0.1) is 0 Å².